The summed E-state index contributed by atoms with van der Waals surface area (Å²) in [7, 11) is 0. The van der Waals surface area contributed by atoms with Crippen molar-refractivity contribution in [3.8, 4) is 0 Å². The Labute approximate surface area is 306 Å². The Morgan fingerprint density at radius 3 is 2.53 bits per heavy atom. The van der Waals surface area contributed by atoms with Crippen LogP contribution >= 0.6 is 0 Å². The molecule has 282 valence electrons. The molecule has 2 saturated carbocycles. The van der Waals surface area contributed by atoms with Gasteiger partial charge in [-0.2, -0.15) is 13.2 Å². The fourth-order valence-corrected chi connectivity index (χ4v) is 10.4. The van der Waals surface area contributed by atoms with Crippen molar-refractivity contribution in [3.05, 3.63) is 65.2 Å². The van der Waals surface area contributed by atoms with E-state index in [2.05, 4.69) is 43.1 Å². The predicted molar refractivity (Wildman–Crippen MR) is 190 cm³/mol. The number of carbonyl (C=O) groups excluding carboxylic acids is 1. The molecule has 6 atom stereocenters. The summed E-state index contributed by atoms with van der Waals surface area (Å²) in [6.45, 7) is 6.88. The van der Waals surface area contributed by atoms with Gasteiger partial charge in [0.05, 0.1) is 5.56 Å². The van der Waals surface area contributed by atoms with Gasteiger partial charge >= 0.3 is 12.1 Å². The lowest BCUT2D eigenvalue weighted by molar-refractivity contribution is -0.155. The monoisotopic (exact) mass is 733 g/mol. The maximum absolute atomic E-state index is 14.9. The lowest BCUT2D eigenvalue weighted by atomic mass is 9.56. The minimum atomic E-state index is -5.00. The number of aromatic nitrogens is 4. The molecule has 1 aromatic carbocycles. The van der Waals surface area contributed by atoms with Gasteiger partial charge in [-0.05, 0) is 98.3 Å². The Hall–Kier alpha value is -4.33. The van der Waals surface area contributed by atoms with Crippen LogP contribution in [0.3, 0.4) is 0 Å². The molecule has 5 aliphatic rings. The van der Waals surface area contributed by atoms with E-state index in [9.17, 15) is 27.9 Å². The summed E-state index contributed by atoms with van der Waals surface area (Å²) in [4.78, 5) is 48.1. The Morgan fingerprint density at radius 1 is 1.02 bits per heavy atom. The fraction of sp³-hybridized carbons (Fsp3) is 0.590. The number of carbonyl (C=O) groups is 2. The van der Waals surface area contributed by atoms with Crippen LogP contribution < -0.4 is 15.1 Å². The molecule has 1 amide bonds. The molecule has 11 nitrogen and oxygen atoms in total. The van der Waals surface area contributed by atoms with Crippen molar-refractivity contribution in [1.82, 2.24) is 25.3 Å². The molecule has 1 spiro atoms. The topological polar surface area (TPSA) is 134 Å². The first-order chi connectivity index (χ1) is 25.4. The van der Waals surface area contributed by atoms with Gasteiger partial charge in [-0.15, -0.1) is 0 Å². The van der Waals surface area contributed by atoms with Crippen molar-refractivity contribution in [2.75, 3.05) is 42.6 Å². The molecule has 5 heterocycles. The third-order valence-electron chi connectivity index (χ3n) is 12.9. The number of piperidine rings is 1. The Kier molecular flexibility index (Phi) is 9.10. The lowest BCUT2D eigenvalue weighted by Gasteiger charge is -2.52. The number of ether oxygens (including phenoxy) is 1. The molecular formula is C39H46F3N7O4. The maximum Gasteiger partial charge on any atom is 0.434 e. The SMILES string of the molecule is CC1CC2CC(C)C(NC(=O)c3cnc(N4CC5(CCOCC5)c5cc(C6CCCN(c7ncccn7)C6)ccc54)nc3C(F)(F)F)(C(=O)O)C(C1)C2. The normalized spacial score (nSPS) is 29.5. The quantitative estimate of drug-likeness (QED) is 0.289. The number of nitrogens with zero attached hydrogens (tertiary/aromatic N) is 6. The second-order valence-corrected chi connectivity index (χ2v) is 16.2. The molecule has 3 aromatic rings. The highest BCUT2D eigenvalue weighted by Gasteiger charge is 2.57. The highest BCUT2D eigenvalue weighted by molar-refractivity contribution is 5.99. The van der Waals surface area contributed by atoms with Gasteiger partial charge in [0.25, 0.3) is 5.91 Å². The highest BCUT2D eigenvalue weighted by Crippen LogP contribution is 2.52. The molecule has 6 unspecified atom stereocenters. The molecule has 4 fully saturated rings. The van der Waals surface area contributed by atoms with E-state index >= 15 is 0 Å². The van der Waals surface area contributed by atoms with Gasteiger partial charge < -0.3 is 25.0 Å². The molecule has 2 aliphatic carbocycles. The summed E-state index contributed by atoms with van der Waals surface area (Å²) in [5, 5.41) is 13.2. The van der Waals surface area contributed by atoms with Crippen LogP contribution in [0.2, 0.25) is 0 Å². The van der Waals surface area contributed by atoms with Crippen LogP contribution in [0.1, 0.15) is 98.3 Å². The number of carboxylic acid groups (broad SMARTS) is 1. The number of hydrogen-bond acceptors (Lipinski definition) is 9. The zero-order valence-corrected chi connectivity index (χ0v) is 30.1. The third-order valence-corrected chi connectivity index (χ3v) is 12.9. The van der Waals surface area contributed by atoms with Crippen LogP contribution in [0.25, 0.3) is 0 Å². The molecule has 3 aliphatic heterocycles. The standard InChI is InChI=1S/C39H46F3N7O4/c1-23-15-25-17-24(2)38(34(51)52,28(16-23)18-25)47-33(50)29-20-45-36(46-32(29)39(40,41)42)49-22-37(8-13-53-14-9-37)30-19-26(6-7-31(30)49)27-5-3-12-48(21-27)35-43-10-4-11-44-35/h4,6-7,10-11,19-20,23-25,27-28H,3,5,8-9,12-18,21-22H2,1-2H3,(H,47,50)(H,51,52). The summed E-state index contributed by atoms with van der Waals surface area (Å²) in [6.07, 6.45) is 5.52. The molecule has 53 heavy (non-hydrogen) atoms. The largest absolute Gasteiger partial charge is 0.479 e. The average Bonchev–Trinajstić information content (AvgIpc) is 3.45. The molecule has 2 saturated heterocycles. The van der Waals surface area contributed by atoms with Crippen LogP contribution in [-0.2, 0) is 21.1 Å². The summed E-state index contributed by atoms with van der Waals surface area (Å²) in [5.74, 6) is -1.83. The molecule has 2 bridgehead atoms. The number of hydrogen-bond donors (Lipinski definition) is 2. The number of carboxylic acids is 1. The van der Waals surface area contributed by atoms with Gasteiger partial charge in [0.15, 0.2) is 5.69 Å². The van der Waals surface area contributed by atoms with Gasteiger partial charge in [-0.25, -0.2) is 24.7 Å². The smallest absolute Gasteiger partial charge is 0.434 e. The number of alkyl halides is 3. The molecule has 14 heteroatoms. The van der Waals surface area contributed by atoms with Crippen molar-refractivity contribution in [1.29, 1.82) is 0 Å². The van der Waals surface area contributed by atoms with Crippen molar-refractivity contribution in [2.45, 2.75) is 88.3 Å². The van der Waals surface area contributed by atoms with Crippen molar-refractivity contribution >= 4 is 29.5 Å². The van der Waals surface area contributed by atoms with Gasteiger partial charge in [0, 0.05) is 68.5 Å². The highest BCUT2D eigenvalue weighted by atomic mass is 19.4. The number of halogens is 3. The first-order valence-electron chi connectivity index (χ1n) is 18.9. The molecule has 2 N–H and O–H groups in total. The maximum atomic E-state index is 14.9. The van der Waals surface area contributed by atoms with Crippen molar-refractivity contribution in [3.63, 3.8) is 0 Å². The molecule has 0 radical (unpaired) electrons. The number of anilines is 3. The summed E-state index contributed by atoms with van der Waals surface area (Å²) >= 11 is 0. The minimum absolute atomic E-state index is 0.153. The molecular weight excluding hydrogens is 687 g/mol. The first kappa shape index (κ1) is 35.7. The van der Waals surface area contributed by atoms with E-state index in [1.165, 1.54) is 0 Å². The minimum Gasteiger partial charge on any atom is -0.479 e. The van der Waals surface area contributed by atoms with E-state index in [-0.39, 0.29) is 29.1 Å². The van der Waals surface area contributed by atoms with Crippen LogP contribution in [0.5, 0.6) is 0 Å². The Bertz CT molecular complexity index is 1870. The molecule has 8 rings (SSSR count). The van der Waals surface area contributed by atoms with Crippen LogP contribution in [-0.4, -0.2) is 75.3 Å². The third kappa shape index (κ3) is 6.30. The van der Waals surface area contributed by atoms with Crippen molar-refractivity contribution < 1.29 is 32.6 Å². The fourth-order valence-electron chi connectivity index (χ4n) is 10.4. The van der Waals surface area contributed by atoms with E-state index < -0.39 is 40.8 Å². The van der Waals surface area contributed by atoms with Gasteiger partial charge in [0.1, 0.15) is 5.54 Å². The number of aliphatic carboxylic acids is 1. The van der Waals surface area contributed by atoms with E-state index in [1.807, 2.05) is 12.1 Å². The van der Waals surface area contributed by atoms with E-state index in [0.29, 0.717) is 63.7 Å². The van der Waals surface area contributed by atoms with Gasteiger partial charge in [-0.1, -0.05) is 26.0 Å². The number of benzene rings is 1. The van der Waals surface area contributed by atoms with Crippen LogP contribution in [0.15, 0.2) is 42.9 Å². The second-order valence-electron chi connectivity index (χ2n) is 16.2. The Morgan fingerprint density at radius 2 is 1.79 bits per heavy atom. The van der Waals surface area contributed by atoms with Gasteiger partial charge in [-0.3, -0.25) is 4.79 Å². The Balaban J connectivity index is 1.12. The van der Waals surface area contributed by atoms with Crippen LogP contribution in [0.4, 0.5) is 30.8 Å². The molecule has 2 aromatic heterocycles. The summed E-state index contributed by atoms with van der Waals surface area (Å²) < 4.78 is 50.3. The number of amides is 1. The summed E-state index contributed by atoms with van der Waals surface area (Å²) in [5.41, 5.74) is -1.28. The average molecular weight is 734 g/mol. The zero-order valence-electron chi connectivity index (χ0n) is 30.1. The zero-order chi connectivity index (χ0) is 37.1. The predicted octanol–water partition coefficient (Wildman–Crippen LogP) is 6.51. The number of rotatable bonds is 6. The van der Waals surface area contributed by atoms with E-state index in [1.54, 1.807) is 30.3 Å². The lowest BCUT2D eigenvalue weighted by Crippen LogP contribution is -2.66. The number of fused-ring (bicyclic) bond motifs is 4. The summed E-state index contributed by atoms with van der Waals surface area (Å²) in [6, 6.07) is 8.01. The van der Waals surface area contributed by atoms with E-state index in [4.69, 9.17) is 4.74 Å². The second kappa shape index (κ2) is 13.5. The van der Waals surface area contributed by atoms with Crippen molar-refractivity contribution in [2.24, 2.45) is 23.7 Å². The van der Waals surface area contributed by atoms with Gasteiger partial charge in [0.2, 0.25) is 11.9 Å². The van der Waals surface area contributed by atoms with E-state index in [0.717, 1.165) is 55.4 Å². The number of nitrogens with one attached hydrogen (secondary N) is 1. The van der Waals surface area contributed by atoms with Crippen LogP contribution in [0, 0.1) is 23.7 Å². The first-order valence-corrected chi connectivity index (χ1v) is 18.9.